The molecule has 2 aromatic rings. The van der Waals surface area contributed by atoms with Crippen molar-refractivity contribution in [3.63, 3.8) is 0 Å². The monoisotopic (exact) mass is 275 g/mol. The lowest BCUT2D eigenvalue weighted by Crippen LogP contribution is -2.51. The second kappa shape index (κ2) is 5.36. The maximum absolute atomic E-state index is 11.7. The quantitative estimate of drug-likeness (QED) is 0.887. The van der Waals surface area contributed by atoms with Crippen LogP contribution in [0.25, 0.3) is 11.2 Å². The number of hydrogen-bond donors (Lipinski definition) is 1. The van der Waals surface area contributed by atoms with E-state index in [4.69, 9.17) is 4.42 Å². The minimum atomic E-state index is -0.00798. The molecule has 0 aromatic carbocycles. The number of hydrogen-bond acceptors (Lipinski definition) is 5. The number of pyridine rings is 1. The maximum Gasteiger partial charge on any atom is 0.317 e. The van der Waals surface area contributed by atoms with Crippen LogP contribution in [0.15, 0.2) is 22.7 Å². The van der Waals surface area contributed by atoms with Crippen LogP contribution in [0.1, 0.15) is 6.92 Å². The molecule has 3 rings (SSSR count). The zero-order valence-electron chi connectivity index (χ0n) is 11.4. The van der Waals surface area contributed by atoms with Crippen LogP contribution in [-0.2, 0) is 0 Å². The number of anilines is 1. The molecule has 0 atom stereocenters. The van der Waals surface area contributed by atoms with Crippen molar-refractivity contribution in [3.8, 4) is 0 Å². The average molecular weight is 275 g/mol. The molecule has 0 aliphatic carbocycles. The van der Waals surface area contributed by atoms with Crippen molar-refractivity contribution in [2.75, 3.05) is 37.6 Å². The van der Waals surface area contributed by atoms with Gasteiger partial charge in [0.25, 0.3) is 6.01 Å². The molecule has 1 aliphatic rings. The van der Waals surface area contributed by atoms with Gasteiger partial charge in [-0.2, -0.15) is 4.98 Å². The summed E-state index contributed by atoms with van der Waals surface area (Å²) in [6, 6.07) is 4.24. The Morgan fingerprint density at radius 3 is 2.90 bits per heavy atom. The number of nitrogens with one attached hydrogen (secondary N) is 1. The molecule has 2 aromatic heterocycles. The van der Waals surface area contributed by atoms with Gasteiger partial charge in [0, 0.05) is 38.9 Å². The van der Waals surface area contributed by atoms with Gasteiger partial charge in [0.1, 0.15) is 0 Å². The number of rotatable bonds is 2. The molecule has 0 radical (unpaired) electrons. The molecule has 20 heavy (non-hydrogen) atoms. The van der Waals surface area contributed by atoms with Gasteiger partial charge in [0.2, 0.25) is 5.65 Å². The number of urea groups is 1. The maximum atomic E-state index is 11.7. The van der Waals surface area contributed by atoms with Crippen molar-refractivity contribution >= 4 is 23.3 Å². The highest BCUT2D eigenvalue weighted by atomic mass is 16.4. The summed E-state index contributed by atoms with van der Waals surface area (Å²) >= 11 is 0. The molecule has 0 saturated carbocycles. The van der Waals surface area contributed by atoms with Crippen molar-refractivity contribution in [1.29, 1.82) is 0 Å². The Morgan fingerprint density at radius 2 is 2.20 bits per heavy atom. The van der Waals surface area contributed by atoms with E-state index >= 15 is 0 Å². The van der Waals surface area contributed by atoms with Gasteiger partial charge in [-0.05, 0) is 19.1 Å². The standard InChI is InChI=1S/C13H17N5O2/c1-2-14-12(19)17-6-8-18(9-7-17)13-16-11-10(20-13)4-3-5-15-11/h3-5H,2,6-9H2,1H3,(H,14,19). The fourth-order valence-electron chi connectivity index (χ4n) is 2.26. The summed E-state index contributed by atoms with van der Waals surface area (Å²) in [5.41, 5.74) is 1.31. The van der Waals surface area contributed by atoms with Crippen LogP contribution in [0.5, 0.6) is 0 Å². The summed E-state index contributed by atoms with van der Waals surface area (Å²) < 4.78 is 5.68. The van der Waals surface area contributed by atoms with Crippen LogP contribution < -0.4 is 10.2 Å². The lowest BCUT2D eigenvalue weighted by Gasteiger charge is -2.33. The normalized spacial score (nSPS) is 15.7. The fourth-order valence-corrected chi connectivity index (χ4v) is 2.26. The zero-order chi connectivity index (χ0) is 13.9. The van der Waals surface area contributed by atoms with Gasteiger partial charge in [-0.25, -0.2) is 9.78 Å². The molecular weight excluding hydrogens is 258 g/mol. The lowest BCUT2D eigenvalue weighted by molar-refractivity contribution is 0.194. The van der Waals surface area contributed by atoms with E-state index in [0.717, 1.165) is 0 Å². The summed E-state index contributed by atoms with van der Waals surface area (Å²) in [5, 5.41) is 2.81. The number of fused-ring (bicyclic) bond motifs is 1. The van der Waals surface area contributed by atoms with E-state index in [1.165, 1.54) is 0 Å². The first kappa shape index (κ1) is 12.7. The topological polar surface area (TPSA) is 74.5 Å². The number of carbonyl (C=O) groups is 1. The minimum Gasteiger partial charge on any atom is -0.422 e. The number of nitrogens with zero attached hydrogens (tertiary/aromatic N) is 4. The SMILES string of the molecule is CCNC(=O)N1CCN(c2nc3ncccc3o2)CC1. The summed E-state index contributed by atoms with van der Waals surface area (Å²) in [6.07, 6.45) is 1.70. The van der Waals surface area contributed by atoms with Crippen molar-refractivity contribution in [1.82, 2.24) is 20.2 Å². The molecule has 106 valence electrons. The Kier molecular flexibility index (Phi) is 3.41. The Bertz CT molecular complexity index is 571. The lowest BCUT2D eigenvalue weighted by atomic mass is 10.3. The van der Waals surface area contributed by atoms with Gasteiger partial charge in [0.15, 0.2) is 5.58 Å². The summed E-state index contributed by atoms with van der Waals surface area (Å²) in [5.74, 6) is 0. The van der Waals surface area contributed by atoms with E-state index in [1.54, 1.807) is 11.1 Å². The highest BCUT2D eigenvalue weighted by Crippen LogP contribution is 2.21. The number of aromatic nitrogens is 2. The molecule has 2 amide bonds. The Balaban J connectivity index is 1.67. The van der Waals surface area contributed by atoms with Crippen LogP contribution in [-0.4, -0.2) is 53.6 Å². The van der Waals surface area contributed by atoms with Gasteiger partial charge in [0.05, 0.1) is 0 Å². The molecule has 1 aliphatic heterocycles. The van der Waals surface area contributed by atoms with Crippen molar-refractivity contribution in [2.45, 2.75) is 6.92 Å². The Labute approximate surface area is 116 Å². The van der Waals surface area contributed by atoms with E-state index in [2.05, 4.69) is 15.3 Å². The van der Waals surface area contributed by atoms with Gasteiger partial charge in [-0.1, -0.05) is 0 Å². The third-order valence-corrected chi connectivity index (χ3v) is 3.32. The second-order valence-electron chi connectivity index (χ2n) is 4.63. The number of oxazole rings is 1. The zero-order valence-corrected chi connectivity index (χ0v) is 11.4. The predicted molar refractivity (Wildman–Crippen MR) is 74.7 cm³/mol. The van der Waals surface area contributed by atoms with Gasteiger partial charge < -0.3 is 19.5 Å². The summed E-state index contributed by atoms with van der Waals surface area (Å²) in [7, 11) is 0. The number of amides is 2. The number of carbonyl (C=O) groups excluding carboxylic acids is 1. The van der Waals surface area contributed by atoms with Gasteiger partial charge in [-0.3, -0.25) is 0 Å². The van der Waals surface area contributed by atoms with Crippen LogP contribution in [0.2, 0.25) is 0 Å². The molecule has 0 unspecified atom stereocenters. The van der Waals surface area contributed by atoms with E-state index in [1.807, 2.05) is 24.0 Å². The van der Waals surface area contributed by atoms with Crippen molar-refractivity contribution in [2.24, 2.45) is 0 Å². The fraction of sp³-hybridized carbons (Fsp3) is 0.462. The Hall–Kier alpha value is -2.31. The van der Waals surface area contributed by atoms with Crippen LogP contribution in [0, 0.1) is 0 Å². The molecule has 1 saturated heterocycles. The first-order chi connectivity index (χ1) is 9.78. The molecule has 7 heteroatoms. The highest BCUT2D eigenvalue weighted by Gasteiger charge is 2.23. The van der Waals surface area contributed by atoms with E-state index in [-0.39, 0.29) is 6.03 Å². The van der Waals surface area contributed by atoms with Gasteiger partial charge >= 0.3 is 6.03 Å². The first-order valence-electron chi connectivity index (χ1n) is 6.77. The summed E-state index contributed by atoms with van der Waals surface area (Å²) in [4.78, 5) is 24.1. The second-order valence-corrected chi connectivity index (χ2v) is 4.63. The van der Waals surface area contributed by atoms with Gasteiger partial charge in [-0.15, -0.1) is 0 Å². The smallest absolute Gasteiger partial charge is 0.317 e. The van der Waals surface area contributed by atoms with Crippen molar-refractivity contribution < 1.29 is 9.21 Å². The number of piperazine rings is 1. The van der Waals surface area contributed by atoms with Crippen LogP contribution in [0.4, 0.5) is 10.8 Å². The molecule has 3 heterocycles. The first-order valence-corrected chi connectivity index (χ1v) is 6.77. The average Bonchev–Trinajstić information content (AvgIpc) is 2.91. The molecule has 1 fully saturated rings. The predicted octanol–water partition coefficient (Wildman–Crippen LogP) is 1.07. The third kappa shape index (κ3) is 2.38. The largest absolute Gasteiger partial charge is 0.422 e. The molecule has 0 spiro atoms. The van der Waals surface area contributed by atoms with Crippen molar-refractivity contribution in [3.05, 3.63) is 18.3 Å². The van der Waals surface area contributed by atoms with Crippen LogP contribution in [0.3, 0.4) is 0 Å². The molecule has 1 N–H and O–H groups in total. The molecular formula is C13H17N5O2. The molecule has 7 nitrogen and oxygen atoms in total. The minimum absolute atomic E-state index is 0.00798. The van der Waals surface area contributed by atoms with E-state index in [0.29, 0.717) is 50.0 Å². The highest BCUT2D eigenvalue weighted by molar-refractivity contribution is 5.74. The summed E-state index contributed by atoms with van der Waals surface area (Å²) in [6.45, 7) is 5.32. The van der Waals surface area contributed by atoms with Crippen LogP contribution >= 0.6 is 0 Å². The van der Waals surface area contributed by atoms with E-state index < -0.39 is 0 Å². The third-order valence-electron chi connectivity index (χ3n) is 3.32. The Morgan fingerprint density at radius 1 is 1.40 bits per heavy atom. The molecule has 0 bridgehead atoms. The van der Waals surface area contributed by atoms with E-state index in [9.17, 15) is 4.79 Å².